The molecule has 4 rings (SSSR count). The maximum atomic E-state index is 14.3. The first-order valence-corrected chi connectivity index (χ1v) is 11.8. The second kappa shape index (κ2) is 9.09. The van der Waals surface area contributed by atoms with Gasteiger partial charge < -0.3 is 10.1 Å². The Morgan fingerprint density at radius 3 is 2.12 bits per heavy atom. The molecule has 0 saturated carbocycles. The molecule has 0 aromatic heterocycles. The summed E-state index contributed by atoms with van der Waals surface area (Å²) in [4.78, 5) is 9.22. The van der Waals surface area contributed by atoms with Crippen molar-refractivity contribution in [2.75, 3.05) is 31.8 Å². The summed E-state index contributed by atoms with van der Waals surface area (Å²) >= 11 is 1.53. The van der Waals surface area contributed by atoms with Crippen molar-refractivity contribution >= 4 is 28.3 Å². The van der Waals surface area contributed by atoms with Crippen LogP contribution in [0.25, 0.3) is 0 Å². The minimum Gasteiger partial charge on any atom is -0.620 e. The van der Waals surface area contributed by atoms with Crippen molar-refractivity contribution in [1.82, 2.24) is 4.90 Å². The summed E-state index contributed by atoms with van der Waals surface area (Å²) in [7, 11) is 3.91. The van der Waals surface area contributed by atoms with E-state index < -0.39 is 5.79 Å². The average molecular weight is 445 g/mol. The van der Waals surface area contributed by atoms with E-state index in [2.05, 4.69) is 36.1 Å². The molecular formula is C26H28N4OS. The first-order valence-electron chi connectivity index (χ1n) is 10.6. The molecule has 0 spiro atoms. The normalized spacial score (nSPS) is 18.9. The number of anilines is 1. The van der Waals surface area contributed by atoms with Crippen LogP contribution < -0.4 is 4.90 Å². The van der Waals surface area contributed by atoms with Crippen molar-refractivity contribution in [3.63, 3.8) is 0 Å². The molecule has 164 valence electrons. The molecular weight excluding hydrogens is 416 g/mol. The monoisotopic (exact) mass is 444 g/mol. The molecule has 0 saturated heterocycles. The molecule has 0 bridgehead atoms. The maximum Gasteiger partial charge on any atom is 0.379 e. The van der Waals surface area contributed by atoms with Crippen LogP contribution in [0.2, 0.25) is 0 Å². The highest BCUT2D eigenvalue weighted by molar-refractivity contribution is 8.13. The fourth-order valence-electron chi connectivity index (χ4n) is 4.02. The van der Waals surface area contributed by atoms with Crippen LogP contribution in [0.15, 0.2) is 89.9 Å². The Labute approximate surface area is 194 Å². The van der Waals surface area contributed by atoms with Gasteiger partial charge in [0.25, 0.3) is 0 Å². The fourth-order valence-corrected chi connectivity index (χ4v) is 4.61. The molecule has 1 unspecified atom stereocenters. The fraction of sp³-hybridized carbons (Fsp3) is 0.231. The van der Waals surface area contributed by atoms with E-state index in [1.807, 2.05) is 85.9 Å². The number of benzene rings is 3. The number of nitrogens with zero attached hydrogens (tertiary/aromatic N) is 4. The highest BCUT2D eigenvalue weighted by Gasteiger charge is 2.55. The van der Waals surface area contributed by atoms with Crippen molar-refractivity contribution in [1.29, 1.82) is 0 Å². The summed E-state index contributed by atoms with van der Waals surface area (Å²) in [6.45, 7) is 2.51. The van der Waals surface area contributed by atoms with Gasteiger partial charge in [0, 0.05) is 25.3 Å². The molecule has 3 aromatic carbocycles. The van der Waals surface area contributed by atoms with Gasteiger partial charge in [-0.05, 0) is 49.6 Å². The van der Waals surface area contributed by atoms with Crippen molar-refractivity contribution in [3.8, 4) is 0 Å². The zero-order valence-corrected chi connectivity index (χ0v) is 19.7. The second-order valence-electron chi connectivity index (χ2n) is 8.02. The zero-order chi connectivity index (χ0) is 22.7. The van der Waals surface area contributed by atoms with Crippen LogP contribution in [0.1, 0.15) is 16.7 Å². The third-order valence-corrected chi connectivity index (χ3v) is 6.46. The zero-order valence-electron chi connectivity index (χ0n) is 18.9. The van der Waals surface area contributed by atoms with Crippen molar-refractivity contribution in [2.24, 2.45) is 4.99 Å². The predicted octanol–water partition coefficient (Wildman–Crippen LogP) is 4.91. The van der Waals surface area contributed by atoms with Gasteiger partial charge >= 0.3 is 5.79 Å². The first kappa shape index (κ1) is 22.0. The molecule has 1 heterocycles. The van der Waals surface area contributed by atoms with E-state index in [0.717, 1.165) is 26.7 Å². The molecule has 0 fully saturated rings. The lowest BCUT2D eigenvalue weighted by atomic mass is 10.1. The molecule has 1 aliphatic rings. The molecule has 3 aromatic rings. The summed E-state index contributed by atoms with van der Waals surface area (Å²) in [5.41, 5.74) is 4.55. The minimum atomic E-state index is -1.26. The Kier molecular flexibility index (Phi) is 6.24. The van der Waals surface area contributed by atoms with Crippen LogP contribution in [0.3, 0.4) is 0 Å². The van der Waals surface area contributed by atoms with Crippen LogP contribution in [0.4, 0.5) is 5.69 Å². The summed E-state index contributed by atoms with van der Waals surface area (Å²) in [6, 6.07) is 28.0. The van der Waals surface area contributed by atoms with Crippen molar-refractivity contribution in [3.05, 3.63) is 107 Å². The molecule has 0 aliphatic carbocycles. The van der Waals surface area contributed by atoms with Crippen LogP contribution >= 0.6 is 11.8 Å². The van der Waals surface area contributed by atoms with Gasteiger partial charge in [0.05, 0.1) is 5.56 Å². The van der Waals surface area contributed by atoms with E-state index >= 15 is 0 Å². The largest absolute Gasteiger partial charge is 0.620 e. The van der Waals surface area contributed by atoms with Gasteiger partial charge in [-0.25, -0.2) is 0 Å². The summed E-state index contributed by atoms with van der Waals surface area (Å²) in [6.07, 6.45) is 1.99. The smallest absolute Gasteiger partial charge is 0.379 e. The van der Waals surface area contributed by atoms with Crippen molar-refractivity contribution < 1.29 is 4.74 Å². The van der Waals surface area contributed by atoms with E-state index in [4.69, 9.17) is 4.99 Å². The molecule has 32 heavy (non-hydrogen) atoms. The Hall–Kier alpha value is -3.25. The summed E-state index contributed by atoms with van der Waals surface area (Å²) < 4.78 is 1.09. The second-order valence-corrected chi connectivity index (χ2v) is 8.80. The minimum absolute atomic E-state index is 0.448. The maximum absolute atomic E-state index is 14.3. The predicted molar refractivity (Wildman–Crippen MR) is 135 cm³/mol. The van der Waals surface area contributed by atoms with E-state index in [0.29, 0.717) is 12.3 Å². The molecule has 0 N–H and O–H groups in total. The van der Waals surface area contributed by atoms with Gasteiger partial charge in [-0.2, -0.15) is 9.73 Å². The topological polar surface area (TPSA) is 44.9 Å². The van der Waals surface area contributed by atoms with Gasteiger partial charge in [-0.15, -0.1) is 0 Å². The average Bonchev–Trinajstić information content (AvgIpc) is 3.12. The molecule has 1 aliphatic heterocycles. The van der Waals surface area contributed by atoms with E-state index in [9.17, 15) is 5.21 Å². The third kappa shape index (κ3) is 3.86. The summed E-state index contributed by atoms with van der Waals surface area (Å²) in [5.74, 6) is -1.26. The standard InChI is InChI=1S/C26H28N4OS/c1-20-15-17-23(18-16-20)29-19-24(21-11-7-5-8-12-21)30(31)26(29,22-13-9-6-10-14-22)27-25(32-4)28(2)3/h5-18H,19H2,1-4H3/b27-25+. The SMILES string of the molecule is CS/C(=N/C1(c2ccccc2)N(c2ccc(C)cc2)CC(c2ccccc2)=[N+]1[O-])N(C)C. The molecule has 5 nitrogen and oxygen atoms in total. The number of rotatable bonds is 4. The number of aliphatic imine (C=N–C) groups is 1. The number of hydrogen-bond acceptors (Lipinski definition) is 4. The van der Waals surface area contributed by atoms with E-state index in [1.165, 1.54) is 17.3 Å². The van der Waals surface area contributed by atoms with Gasteiger partial charge in [-0.3, -0.25) is 4.90 Å². The van der Waals surface area contributed by atoms with Crippen LogP contribution in [-0.2, 0) is 5.79 Å². The lowest BCUT2D eigenvalue weighted by molar-refractivity contribution is -0.547. The highest BCUT2D eigenvalue weighted by Crippen LogP contribution is 2.40. The lowest BCUT2D eigenvalue weighted by Gasteiger charge is -2.34. The Bertz CT molecular complexity index is 1130. The Morgan fingerprint density at radius 1 is 0.969 bits per heavy atom. The number of hydrogen-bond donors (Lipinski definition) is 0. The van der Waals surface area contributed by atoms with Crippen LogP contribution in [0, 0.1) is 12.1 Å². The van der Waals surface area contributed by atoms with E-state index in [1.54, 1.807) is 0 Å². The third-order valence-electron chi connectivity index (χ3n) is 5.64. The molecule has 1 atom stereocenters. The molecule has 6 heteroatoms. The van der Waals surface area contributed by atoms with Crippen molar-refractivity contribution in [2.45, 2.75) is 12.7 Å². The van der Waals surface area contributed by atoms with Crippen LogP contribution in [0.5, 0.6) is 0 Å². The van der Waals surface area contributed by atoms with Gasteiger partial charge in [0.15, 0.2) is 5.17 Å². The molecule has 0 amide bonds. The quantitative estimate of drug-likeness (QED) is 0.248. The van der Waals surface area contributed by atoms with E-state index in [-0.39, 0.29) is 0 Å². The van der Waals surface area contributed by atoms with Gasteiger partial charge in [-0.1, -0.05) is 65.9 Å². The number of hydroxylamine groups is 1. The summed E-state index contributed by atoms with van der Waals surface area (Å²) in [5, 5.41) is 15.0. The number of amidine groups is 1. The molecule has 0 radical (unpaired) electrons. The Balaban J connectivity index is 2.04. The Morgan fingerprint density at radius 2 is 1.56 bits per heavy atom. The lowest BCUT2D eigenvalue weighted by Crippen LogP contribution is -2.48. The number of aryl methyl sites for hydroxylation is 1. The number of thioether (sulfide) groups is 1. The van der Waals surface area contributed by atoms with Gasteiger partial charge in [0.1, 0.15) is 6.54 Å². The first-order chi connectivity index (χ1) is 15.5. The van der Waals surface area contributed by atoms with Crippen LogP contribution in [-0.4, -0.2) is 47.4 Å². The highest BCUT2D eigenvalue weighted by atomic mass is 32.2. The van der Waals surface area contributed by atoms with Gasteiger partial charge in [0.2, 0.25) is 5.71 Å².